The lowest BCUT2D eigenvalue weighted by Crippen LogP contribution is -2.57. The van der Waals surface area contributed by atoms with Crippen LogP contribution in [0.15, 0.2) is 18.2 Å². The van der Waals surface area contributed by atoms with Crippen molar-refractivity contribution in [3.8, 4) is 0 Å². The molecule has 140 valence electrons. The first-order chi connectivity index (χ1) is 11.7. The molecule has 3 rings (SSSR count). The van der Waals surface area contributed by atoms with Gasteiger partial charge in [-0.1, -0.05) is 17.7 Å². The van der Waals surface area contributed by atoms with Crippen molar-refractivity contribution in [1.82, 2.24) is 10.2 Å². The quantitative estimate of drug-likeness (QED) is 0.761. The lowest BCUT2D eigenvalue weighted by atomic mass is 9.68. The van der Waals surface area contributed by atoms with Crippen LogP contribution in [0, 0.1) is 17.7 Å². The van der Waals surface area contributed by atoms with Gasteiger partial charge in [0, 0.05) is 31.2 Å². The van der Waals surface area contributed by atoms with Gasteiger partial charge in [0.25, 0.3) is 0 Å². The first kappa shape index (κ1) is 18.9. The minimum absolute atomic E-state index is 0.0185. The molecule has 1 N–H and O–H groups in total. The molecule has 1 aromatic rings. The van der Waals surface area contributed by atoms with Crippen LogP contribution in [-0.2, 0) is 0 Å². The molecule has 1 aromatic carbocycles. The molecule has 1 heterocycles. The van der Waals surface area contributed by atoms with Crippen molar-refractivity contribution in [1.29, 1.82) is 0 Å². The fourth-order valence-corrected chi connectivity index (χ4v) is 4.24. The van der Waals surface area contributed by atoms with Crippen molar-refractivity contribution in [2.75, 3.05) is 13.1 Å². The standard InChI is InChI=1S/C18H23ClF4N2/c1-10-9-25(11(2)8-24-10)17(12-3-4-16(20)15(19)7-12)13-5-14(6-13)18(21,22)23/h3-4,7,10-11,13-14,17,24H,5-6,8-9H2,1-2H3/t10-,11+,13-,14-,17?/m0/s1. The van der Waals surface area contributed by atoms with E-state index in [0.29, 0.717) is 0 Å². The number of nitrogens with zero attached hydrogens (tertiary/aromatic N) is 1. The molecule has 0 bridgehead atoms. The molecule has 3 atom stereocenters. The highest BCUT2D eigenvalue weighted by Gasteiger charge is 2.51. The topological polar surface area (TPSA) is 15.3 Å². The highest BCUT2D eigenvalue weighted by molar-refractivity contribution is 6.30. The lowest BCUT2D eigenvalue weighted by molar-refractivity contribution is -0.211. The predicted octanol–water partition coefficient (Wildman–Crippen LogP) is 4.79. The Morgan fingerprint density at radius 1 is 1.24 bits per heavy atom. The number of hydrogen-bond donors (Lipinski definition) is 1. The second kappa shape index (κ2) is 7.05. The van der Waals surface area contributed by atoms with Crippen LogP contribution in [0.5, 0.6) is 0 Å². The molecule has 0 spiro atoms. The summed E-state index contributed by atoms with van der Waals surface area (Å²) in [4.78, 5) is 2.25. The summed E-state index contributed by atoms with van der Waals surface area (Å²) < 4.78 is 52.4. The Balaban J connectivity index is 1.88. The zero-order chi connectivity index (χ0) is 18.4. The van der Waals surface area contributed by atoms with Crippen LogP contribution >= 0.6 is 11.6 Å². The minimum Gasteiger partial charge on any atom is -0.311 e. The molecule has 0 radical (unpaired) electrons. The Morgan fingerprint density at radius 2 is 1.92 bits per heavy atom. The van der Waals surface area contributed by atoms with E-state index in [9.17, 15) is 17.6 Å². The Kier molecular flexibility index (Phi) is 5.33. The van der Waals surface area contributed by atoms with Gasteiger partial charge < -0.3 is 5.32 Å². The second-order valence-electron chi connectivity index (χ2n) is 7.44. The molecule has 1 unspecified atom stereocenters. The maximum Gasteiger partial charge on any atom is 0.391 e. The van der Waals surface area contributed by atoms with Crippen LogP contribution in [0.1, 0.15) is 38.3 Å². The monoisotopic (exact) mass is 378 g/mol. The number of nitrogens with one attached hydrogen (secondary N) is 1. The molecular formula is C18H23ClF4N2. The molecule has 25 heavy (non-hydrogen) atoms. The summed E-state index contributed by atoms with van der Waals surface area (Å²) >= 11 is 5.94. The van der Waals surface area contributed by atoms with Gasteiger partial charge >= 0.3 is 6.18 Å². The van der Waals surface area contributed by atoms with Crippen LogP contribution < -0.4 is 5.32 Å². The normalized spacial score (nSPS) is 32.3. The summed E-state index contributed by atoms with van der Waals surface area (Å²) in [6.07, 6.45) is -3.90. The molecule has 1 saturated carbocycles. The van der Waals surface area contributed by atoms with Gasteiger partial charge in [-0.25, -0.2) is 4.39 Å². The number of benzene rings is 1. The van der Waals surface area contributed by atoms with Crippen molar-refractivity contribution in [2.45, 2.75) is 51.0 Å². The summed E-state index contributed by atoms with van der Waals surface area (Å²) in [5.74, 6) is -1.83. The van der Waals surface area contributed by atoms with Crippen molar-refractivity contribution < 1.29 is 17.6 Å². The van der Waals surface area contributed by atoms with E-state index in [2.05, 4.69) is 24.1 Å². The summed E-state index contributed by atoms with van der Waals surface area (Å²) in [6, 6.07) is 4.81. The van der Waals surface area contributed by atoms with E-state index in [1.807, 2.05) is 0 Å². The van der Waals surface area contributed by atoms with E-state index in [-0.39, 0.29) is 41.9 Å². The molecule has 2 fully saturated rings. The Labute approximate surface area is 150 Å². The van der Waals surface area contributed by atoms with Crippen molar-refractivity contribution in [3.63, 3.8) is 0 Å². The Hall–Kier alpha value is -0.850. The van der Waals surface area contributed by atoms with Crippen LogP contribution in [-0.4, -0.2) is 36.2 Å². The molecule has 1 saturated heterocycles. The minimum atomic E-state index is -4.14. The first-order valence-corrected chi connectivity index (χ1v) is 9.05. The second-order valence-corrected chi connectivity index (χ2v) is 7.85. The first-order valence-electron chi connectivity index (χ1n) is 8.67. The molecular weight excluding hydrogens is 356 g/mol. The number of halogens is 5. The van der Waals surface area contributed by atoms with Crippen LogP contribution in [0.25, 0.3) is 0 Å². The maximum absolute atomic E-state index is 13.6. The number of hydrogen-bond acceptors (Lipinski definition) is 2. The highest BCUT2D eigenvalue weighted by atomic mass is 35.5. The third-order valence-corrected chi connectivity index (χ3v) is 5.83. The number of alkyl halides is 3. The Morgan fingerprint density at radius 3 is 2.52 bits per heavy atom. The average molecular weight is 379 g/mol. The summed E-state index contributed by atoms with van der Waals surface area (Å²) in [7, 11) is 0. The van der Waals surface area contributed by atoms with Crippen molar-refractivity contribution in [2.24, 2.45) is 11.8 Å². The maximum atomic E-state index is 13.6. The molecule has 2 aliphatic rings. The van der Waals surface area contributed by atoms with E-state index in [0.717, 1.165) is 18.7 Å². The van der Waals surface area contributed by atoms with Gasteiger partial charge in [-0.3, -0.25) is 4.90 Å². The van der Waals surface area contributed by atoms with Gasteiger partial charge in [0.1, 0.15) is 5.82 Å². The molecule has 0 aromatic heterocycles. The van der Waals surface area contributed by atoms with E-state index in [4.69, 9.17) is 11.6 Å². The smallest absolute Gasteiger partial charge is 0.311 e. The van der Waals surface area contributed by atoms with E-state index in [1.165, 1.54) is 6.07 Å². The van der Waals surface area contributed by atoms with Crippen molar-refractivity contribution >= 4 is 11.6 Å². The Bertz CT molecular complexity index is 616. The summed E-state index contributed by atoms with van der Waals surface area (Å²) in [6.45, 7) is 5.65. The van der Waals surface area contributed by atoms with E-state index in [1.54, 1.807) is 12.1 Å². The fraction of sp³-hybridized carbons (Fsp3) is 0.667. The van der Waals surface area contributed by atoms with Gasteiger partial charge in [0.05, 0.1) is 10.9 Å². The summed E-state index contributed by atoms with van der Waals surface area (Å²) in [5, 5.41) is 3.41. The molecule has 0 amide bonds. The SMILES string of the molecule is C[C@@H]1CN[C@@H](C)CN1C(c1ccc(F)c(Cl)c1)[C@H]1C[C@H](C(F)(F)F)C1. The van der Waals surface area contributed by atoms with Crippen molar-refractivity contribution in [3.05, 3.63) is 34.6 Å². The average Bonchev–Trinajstić information content (AvgIpc) is 2.47. The van der Waals surface area contributed by atoms with Gasteiger partial charge in [-0.2, -0.15) is 13.2 Å². The third kappa shape index (κ3) is 3.96. The van der Waals surface area contributed by atoms with Crippen LogP contribution in [0.4, 0.5) is 17.6 Å². The van der Waals surface area contributed by atoms with Crippen LogP contribution in [0.2, 0.25) is 5.02 Å². The highest BCUT2D eigenvalue weighted by Crippen LogP contribution is 2.51. The van der Waals surface area contributed by atoms with Gasteiger partial charge in [0.15, 0.2) is 0 Å². The molecule has 7 heteroatoms. The zero-order valence-corrected chi connectivity index (χ0v) is 15.0. The fourth-order valence-electron chi connectivity index (χ4n) is 4.06. The third-order valence-electron chi connectivity index (χ3n) is 5.54. The molecule has 1 aliphatic heterocycles. The van der Waals surface area contributed by atoms with E-state index >= 15 is 0 Å². The van der Waals surface area contributed by atoms with Gasteiger partial charge in [-0.15, -0.1) is 0 Å². The number of rotatable bonds is 3. The lowest BCUT2D eigenvalue weighted by Gasteiger charge is -2.50. The van der Waals surface area contributed by atoms with Gasteiger partial charge in [0.2, 0.25) is 0 Å². The molecule has 2 nitrogen and oxygen atoms in total. The predicted molar refractivity (Wildman–Crippen MR) is 90.1 cm³/mol. The largest absolute Gasteiger partial charge is 0.391 e. The number of piperazine rings is 1. The van der Waals surface area contributed by atoms with Crippen LogP contribution in [0.3, 0.4) is 0 Å². The van der Waals surface area contributed by atoms with Gasteiger partial charge in [-0.05, 0) is 50.3 Å². The zero-order valence-electron chi connectivity index (χ0n) is 14.3. The van der Waals surface area contributed by atoms with E-state index < -0.39 is 17.9 Å². The molecule has 1 aliphatic carbocycles. The summed E-state index contributed by atoms with van der Waals surface area (Å²) in [5.41, 5.74) is 0.804.